The van der Waals surface area contributed by atoms with Crippen LogP contribution in [0.1, 0.15) is 56.5 Å². The summed E-state index contributed by atoms with van der Waals surface area (Å²) in [5, 5.41) is 6.19. The third-order valence-electron chi connectivity index (χ3n) is 8.24. The Labute approximate surface area is 274 Å². The van der Waals surface area contributed by atoms with E-state index in [1.54, 1.807) is 0 Å². The van der Waals surface area contributed by atoms with Gasteiger partial charge in [-0.05, 0) is 82.4 Å². The normalized spacial score (nSPS) is 16.9. The van der Waals surface area contributed by atoms with Gasteiger partial charge in [0, 0.05) is 32.0 Å². The summed E-state index contributed by atoms with van der Waals surface area (Å²) in [6.45, 7) is 7.19. The molecule has 2 fully saturated rings. The predicted molar refractivity (Wildman–Crippen MR) is 166 cm³/mol. The van der Waals surface area contributed by atoms with Gasteiger partial charge in [-0.1, -0.05) is 0 Å². The van der Waals surface area contributed by atoms with E-state index in [-0.39, 0.29) is 11.9 Å². The van der Waals surface area contributed by atoms with E-state index in [0.29, 0.717) is 88.8 Å². The lowest BCUT2D eigenvalue weighted by Gasteiger charge is -2.47. The van der Waals surface area contributed by atoms with Crippen LogP contribution < -0.4 is 30.5 Å². The van der Waals surface area contributed by atoms with E-state index in [4.69, 9.17) is 15.2 Å². The van der Waals surface area contributed by atoms with E-state index in [0.717, 1.165) is 30.1 Å². The number of rotatable bonds is 11. The van der Waals surface area contributed by atoms with E-state index < -0.39 is 35.8 Å². The number of nitrogens with one attached hydrogen (secondary N) is 1. The van der Waals surface area contributed by atoms with E-state index in [2.05, 4.69) is 30.2 Å². The molecule has 2 saturated heterocycles. The van der Waals surface area contributed by atoms with Crippen molar-refractivity contribution in [1.82, 2.24) is 30.2 Å². The quantitative estimate of drug-likeness (QED) is 0.155. The minimum Gasteiger partial charge on any atom is -0.492 e. The summed E-state index contributed by atoms with van der Waals surface area (Å²) in [5.74, 6) is 0.456. The molecule has 4 heterocycles. The zero-order valence-corrected chi connectivity index (χ0v) is 26.7. The molecule has 2 aliphatic rings. The summed E-state index contributed by atoms with van der Waals surface area (Å²) in [6, 6.07) is 4.33. The number of benzene rings is 1. The smallest absolute Gasteiger partial charge is 0.433 e. The number of anilines is 3. The molecule has 0 atom stereocenters. The number of ether oxygens (including phenoxy) is 2. The summed E-state index contributed by atoms with van der Waals surface area (Å²) in [6.07, 6.45) is -5.67. The van der Waals surface area contributed by atoms with Gasteiger partial charge in [0.25, 0.3) is 0 Å². The summed E-state index contributed by atoms with van der Waals surface area (Å²) in [5.41, 5.74) is 5.23. The van der Waals surface area contributed by atoms with Gasteiger partial charge in [0.1, 0.15) is 28.6 Å². The van der Waals surface area contributed by atoms with Crippen molar-refractivity contribution in [2.24, 2.45) is 0 Å². The lowest BCUT2D eigenvalue weighted by molar-refractivity contribution is -0.142. The monoisotopic (exact) mass is 683 g/mol. The van der Waals surface area contributed by atoms with Gasteiger partial charge in [-0.2, -0.15) is 26.3 Å². The first-order chi connectivity index (χ1) is 22.9. The number of nitrogens with zero attached hydrogens (tertiary/aromatic N) is 7. The Hall–Kier alpha value is -4.12. The number of piperidine rings is 2. The van der Waals surface area contributed by atoms with Gasteiger partial charge in [-0.3, -0.25) is 4.90 Å². The molecular weight excluding hydrogens is 644 g/mol. The number of hydrazine groups is 1. The van der Waals surface area contributed by atoms with Crippen LogP contribution in [0, 0.1) is 0 Å². The Morgan fingerprint density at radius 2 is 1.25 bits per heavy atom. The maximum Gasteiger partial charge on any atom is 0.433 e. The third kappa shape index (κ3) is 8.29. The minimum atomic E-state index is -4.77. The van der Waals surface area contributed by atoms with Crippen LogP contribution in [0.15, 0.2) is 36.7 Å². The van der Waals surface area contributed by atoms with Crippen LogP contribution in [0.4, 0.5) is 43.9 Å². The van der Waals surface area contributed by atoms with Crippen LogP contribution in [0.2, 0.25) is 0 Å². The van der Waals surface area contributed by atoms with Gasteiger partial charge in [0.2, 0.25) is 11.9 Å². The lowest BCUT2D eigenvalue weighted by atomic mass is 10.0. The SMILES string of the molecule is CCOc1cc(CN2CCC(N(c3nccc(C(F)(F)F)n3)N(c3nccc(C(F)(F)F)n3)C3CCNCC3)CC2)cc(OCC)c1N. The molecule has 262 valence electrons. The van der Waals surface area contributed by atoms with Crippen LogP contribution >= 0.6 is 0 Å². The number of hydrogen-bond donors (Lipinski definition) is 2. The first-order valence-corrected chi connectivity index (χ1v) is 15.9. The highest BCUT2D eigenvalue weighted by Crippen LogP contribution is 2.36. The molecule has 0 aliphatic carbocycles. The summed E-state index contributed by atoms with van der Waals surface area (Å²) in [4.78, 5) is 18.3. The zero-order valence-electron chi connectivity index (χ0n) is 26.7. The Morgan fingerprint density at radius 1 is 0.792 bits per heavy atom. The van der Waals surface area contributed by atoms with Crippen molar-refractivity contribution in [3.8, 4) is 11.5 Å². The van der Waals surface area contributed by atoms with Crippen molar-refractivity contribution >= 4 is 17.6 Å². The standard InChI is InChI=1S/C31H39F6N9O2/c1-3-47-23-17-20(18-24(27(23)38)48-4-2)19-44-15-9-22(10-16-44)46(29-41-14-8-26(43-29)31(35,36)37)45(21-5-11-39-12-6-21)28-40-13-7-25(42-28)30(32,33)34/h7-8,13-14,17-18,21-22,39H,3-6,9-12,15-16,19,38H2,1-2H3. The fraction of sp³-hybridized carbons (Fsp3) is 0.548. The molecular formula is C31H39F6N9O2. The second-order valence-electron chi connectivity index (χ2n) is 11.5. The van der Waals surface area contributed by atoms with E-state index in [1.807, 2.05) is 26.0 Å². The molecule has 0 bridgehead atoms. The number of hydrogen-bond acceptors (Lipinski definition) is 11. The van der Waals surface area contributed by atoms with Gasteiger partial charge in [-0.15, -0.1) is 0 Å². The molecule has 11 nitrogen and oxygen atoms in total. The van der Waals surface area contributed by atoms with Gasteiger partial charge in [-0.25, -0.2) is 30.0 Å². The summed E-state index contributed by atoms with van der Waals surface area (Å²) in [7, 11) is 0. The van der Waals surface area contributed by atoms with Crippen molar-refractivity contribution in [1.29, 1.82) is 0 Å². The summed E-state index contributed by atoms with van der Waals surface area (Å²) < 4.78 is 94.4. The molecule has 3 aromatic rings. The number of nitrogen functional groups attached to an aromatic ring is 1. The Balaban J connectivity index is 1.49. The third-order valence-corrected chi connectivity index (χ3v) is 8.24. The predicted octanol–water partition coefficient (Wildman–Crippen LogP) is 5.33. The highest BCUT2D eigenvalue weighted by Gasteiger charge is 2.40. The maximum atomic E-state index is 13.9. The van der Waals surface area contributed by atoms with Gasteiger partial charge in [0.05, 0.1) is 25.3 Å². The van der Waals surface area contributed by atoms with Crippen LogP contribution in [0.3, 0.4) is 0 Å². The van der Waals surface area contributed by atoms with Crippen LogP contribution in [0.5, 0.6) is 11.5 Å². The van der Waals surface area contributed by atoms with Crippen molar-refractivity contribution in [2.45, 2.75) is 70.5 Å². The minimum absolute atomic E-state index is 0.283. The molecule has 0 saturated carbocycles. The Morgan fingerprint density at radius 3 is 1.69 bits per heavy atom. The van der Waals surface area contributed by atoms with Gasteiger partial charge < -0.3 is 20.5 Å². The largest absolute Gasteiger partial charge is 0.492 e. The number of likely N-dealkylation sites (tertiary alicyclic amines) is 1. The topological polar surface area (TPSA) is 118 Å². The first kappa shape index (κ1) is 35.2. The molecule has 48 heavy (non-hydrogen) atoms. The fourth-order valence-electron chi connectivity index (χ4n) is 6.03. The second kappa shape index (κ2) is 15.0. The molecule has 2 aliphatic heterocycles. The second-order valence-corrected chi connectivity index (χ2v) is 11.5. The van der Waals surface area contributed by atoms with E-state index in [1.165, 1.54) is 10.0 Å². The molecule has 2 aromatic heterocycles. The Bertz CT molecular complexity index is 1490. The van der Waals surface area contributed by atoms with Crippen LogP contribution in [0.25, 0.3) is 0 Å². The van der Waals surface area contributed by atoms with Crippen molar-refractivity contribution < 1.29 is 35.8 Å². The van der Waals surface area contributed by atoms with Gasteiger partial charge in [0.15, 0.2) is 0 Å². The molecule has 0 unspecified atom stereocenters. The fourth-order valence-corrected chi connectivity index (χ4v) is 6.03. The van der Waals surface area contributed by atoms with Crippen LogP contribution in [-0.4, -0.2) is 76.3 Å². The zero-order chi connectivity index (χ0) is 34.5. The molecule has 1 aromatic carbocycles. The summed E-state index contributed by atoms with van der Waals surface area (Å²) >= 11 is 0. The lowest BCUT2D eigenvalue weighted by Crippen LogP contribution is -2.59. The maximum absolute atomic E-state index is 13.9. The van der Waals surface area contributed by atoms with Crippen LogP contribution in [-0.2, 0) is 18.9 Å². The molecule has 0 amide bonds. The molecule has 0 radical (unpaired) electrons. The van der Waals surface area contributed by atoms with Crippen molar-refractivity contribution in [3.63, 3.8) is 0 Å². The number of nitrogens with two attached hydrogens (primary N) is 1. The molecule has 5 rings (SSSR count). The highest BCUT2D eigenvalue weighted by molar-refractivity contribution is 5.64. The number of aromatic nitrogens is 4. The molecule has 17 heteroatoms. The Kier molecular flexibility index (Phi) is 11.0. The van der Waals surface area contributed by atoms with E-state index >= 15 is 0 Å². The van der Waals surface area contributed by atoms with Crippen molar-refractivity contribution in [3.05, 3.63) is 53.6 Å². The van der Waals surface area contributed by atoms with E-state index in [9.17, 15) is 26.3 Å². The first-order valence-electron chi connectivity index (χ1n) is 15.9. The number of alkyl halides is 6. The average molecular weight is 684 g/mol. The molecule has 3 N–H and O–H groups in total. The van der Waals surface area contributed by atoms with Gasteiger partial charge >= 0.3 is 12.4 Å². The number of halogens is 6. The van der Waals surface area contributed by atoms with Crippen molar-refractivity contribution in [2.75, 3.05) is 55.1 Å². The average Bonchev–Trinajstić information content (AvgIpc) is 3.06. The molecule has 0 spiro atoms. The highest BCUT2D eigenvalue weighted by atomic mass is 19.4.